The summed E-state index contributed by atoms with van der Waals surface area (Å²) in [7, 11) is -3.91. The maximum atomic E-state index is 13.5. The quantitative estimate of drug-likeness (QED) is 0.302. The first-order valence-corrected chi connectivity index (χ1v) is 14.4. The van der Waals surface area contributed by atoms with Crippen LogP contribution in [0.25, 0.3) is 10.8 Å². The number of rotatable bonds is 6. The van der Waals surface area contributed by atoms with E-state index in [2.05, 4.69) is 5.32 Å². The molecule has 0 bridgehead atoms. The fourth-order valence-electron chi connectivity index (χ4n) is 5.21. The maximum absolute atomic E-state index is 13.5. The number of esters is 1. The fraction of sp³-hybridized carbons (Fsp3) is 0.500. The second-order valence-electron chi connectivity index (χ2n) is 9.63. The molecule has 1 aliphatic carbocycles. The zero-order valence-corrected chi connectivity index (χ0v) is 23.9. The molecule has 1 aliphatic heterocycles. The zero-order chi connectivity index (χ0) is 26.7. The van der Waals surface area contributed by atoms with Crippen LogP contribution < -0.4 is 5.32 Å². The predicted molar refractivity (Wildman–Crippen MR) is 149 cm³/mol. The third kappa shape index (κ3) is 6.59. The van der Waals surface area contributed by atoms with Crippen molar-refractivity contribution >= 4 is 62.5 Å². The Kier molecular flexibility index (Phi) is 10.0. The molecule has 2 aromatic rings. The number of amidine groups is 1. The molecular formula is C26H34Cl2N4O5S. The van der Waals surface area contributed by atoms with Crippen molar-refractivity contribution in [1.82, 2.24) is 14.5 Å². The highest BCUT2D eigenvalue weighted by Crippen LogP contribution is 2.30. The average Bonchev–Trinajstić information content (AvgIpc) is 2.87. The average molecular weight is 586 g/mol. The lowest BCUT2D eigenvalue weighted by atomic mass is 9.84. The summed E-state index contributed by atoms with van der Waals surface area (Å²) < 4.78 is 33.6. The first-order valence-electron chi connectivity index (χ1n) is 12.6. The molecule has 1 amide bonds. The van der Waals surface area contributed by atoms with E-state index < -0.39 is 22.0 Å². The van der Waals surface area contributed by atoms with Crippen LogP contribution in [-0.2, 0) is 24.3 Å². The number of halogens is 2. The second-order valence-corrected chi connectivity index (χ2v) is 12.0. The molecule has 1 saturated heterocycles. The second kappa shape index (κ2) is 12.6. The van der Waals surface area contributed by atoms with Crippen LogP contribution in [-0.4, -0.2) is 73.7 Å². The number of carbonyl (C=O) groups excluding carboxylic acids is 2. The van der Waals surface area contributed by atoms with Gasteiger partial charge in [0.2, 0.25) is 15.9 Å². The van der Waals surface area contributed by atoms with Gasteiger partial charge >= 0.3 is 5.97 Å². The van der Waals surface area contributed by atoms with Crippen LogP contribution in [0.4, 0.5) is 0 Å². The molecule has 9 nitrogen and oxygen atoms in total. The number of benzene rings is 2. The van der Waals surface area contributed by atoms with Gasteiger partial charge < -0.3 is 15.0 Å². The van der Waals surface area contributed by atoms with Crippen molar-refractivity contribution in [1.29, 1.82) is 5.41 Å². The minimum Gasteiger partial charge on any atom is -0.464 e. The van der Waals surface area contributed by atoms with Crippen LogP contribution in [0.5, 0.6) is 0 Å². The Hall–Kier alpha value is -2.40. The van der Waals surface area contributed by atoms with E-state index in [4.69, 9.17) is 21.7 Å². The number of hydrogen-bond donors (Lipinski definition) is 2. The third-order valence-corrected chi connectivity index (χ3v) is 9.19. The first-order chi connectivity index (χ1) is 17.6. The molecule has 1 heterocycles. The number of fused-ring (bicyclic) bond motifs is 1. The molecule has 12 heteroatoms. The minimum absolute atomic E-state index is 0. The topological polar surface area (TPSA) is 120 Å². The highest BCUT2D eigenvalue weighted by Gasteiger charge is 2.42. The number of ether oxygens (including phenoxy) is 1. The number of carbonyl (C=O) groups is 2. The van der Waals surface area contributed by atoms with Crippen LogP contribution in [0, 0.1) is 11.3 Å². The van der Waals surface area contributed by atoms with Crippen LogP contribution in [0.1, 0.15) is 39.5 Å². The third-order valence-electron chi connectivity index (χ3n) is 7.09. The van der Waals surface area contributed by atoms with E-state index in [0.29, 0.717) is 23.7 Å². The minimum atomic E-state index is -3.91. The molecule has 38 heavy (non-hydrogen) atoms. The summed E-state index contributed by atoms with van der Waals surface area (Å²) in [6.07, 6.45) is 2.83. The summed E-state index contributed by atoms with van der Waals surface area (Å²) >= 11 is 6.05. The van der Waals surface area contributed by atoms with Gasteiger partial charge in [0.25, 0.3) is 0 Å². The normalized spacial score (nSPS) is 22.4. The smallest absolute Gasteiger partial charge is 0.330 e. The van der Waals surface area contributed by atoms with Crippen molar-refractivity contribution in [2.75, 3.05) is 26.2 Å². The highest BCUT2D eigenvalue weighted by molar-refractivity contribution is 7.89. The standard InChI is InChI=1S/C26H33ClN4O5S.ClH/c1-3-36-26(33)24-16-30(37(34,35)23-11-7-19-14-21(27)8-4-20(19)15-23)12-13-31(24)25(32)18-5-9-22(10-6-18)29-17(2)28;/h4,7-8,11,14-15,18,22,24H,3,5-6,9-10,12-13,16H2,1-2H3,(H2,28,29);1H/t18-,22-,24?;. The van der Waals surface area contributed by atoms with E-state index in [9.17, 15) is 18.0 Å². The summed E-state index contributed by atoms with van der Waals surface area (Å²) in [4.78, 5) is 28.0. The van der Waals surface area contributed by atoms with Crippen LogP contribution in [0.3, 0.4) is 0 Å². The fourth-order valence-corrected chi connectivity index (χ4v) is 6.86. The summed E-state index contributed by atoms with van der Waals surface area (Å²) in [6.45, 7) is 3.56. The van der Waals surface area contributed by atoms with E-state index in [-0.39, 0.29) is 61.4 Å². The molecule has 208 valence electrons. The van der Waals surface area contributed by atoms with Gasteiger partial charge in [-0.2, -0.15) is 4.31 Å². The molecule has 0 radical (unpaired) electrons. The zero-order valence-electron chi connectivity index (χ0n) is 21.5. The molecule has 2 aromatic carbocycles. The Balaban J connectivity index is 0.00000400. The monoisotopic (exact) mass is 584 g/mol. The lowest BCUT2D eigenvalue weighted by molar-refractivity contribution is -0.159. The Morgan fingerprint density at radius 2 is 1.74 bits per heavy atom. The molecule has 4 rings (SSSR count). The van der Waals surface area contributed by atoms with Crippen molar-refractivity contribution in [2.45, 2.75) is 56.5 Å². The molecule has 0 aromatic heterocycles. The first kappa shape index (κ1) is 30.1. The van der Waals surface area contributed by atoms with Gasteiger partial charge in [-0.25, -0.2) is 13.2 Å². The number of piperazine rings is 1. The van der Waals surface area contributed by atoms with Gasteiger partial charge in [-0.3, -0.25) is 10.2 Å². The molecule has 2 aliphatic rings. The number of sulfonamides is 1. The van der Waals surface area contributed by atoms with Gasteiger partial charge in [0.1, 0.15) is 6.04 Å². The molecule has 1 atom stereocenters. The van der Waals surface area contributed by atoms with E-state index in [1.165, 1.54) is 15.3 Å². The summed E-state index contributed by atoms with van der Waals surface area (Å²) in [5, 5.41) is 12.9. The van der Waals surface area contributed by atoms with Crippen LogP contribution >= 0.6 is 24.0 Å². The van der Waals surface area contributed by atoms with Crippen molar-refractivity contribution < 1.29 is 22.7 Å². The van der Waals surface area contributed by atoms with Crippen LogP contribution in [0.2, 0.25) is 5.02 Å². The Morgan fingerprint density at radius 1 is 1.08 bits per heavy atom. The molecular weight excluding hydrogens is 551 g/mol. The Bertz CT molecular complexity index is 1300. The molecule has 1 unspecified atom stereocenters. The SMILES string of the molecule is CCOC(=O)C1CN(S(=O)(=O)c2ccc3cc(Cl)ccc3c2)CCN1C(=O)[C@H]1CC[C@H](NC(C)=N)CC1.Cl. The number of nitrogens with one attached hydrogen (secondary N) is 2. The number of nitrogens with zero attached hydrogens (tertiary/aromatic N) is 2. The molecule has 2 fully saturated rings. The van der Waals surface area contributed by atoms with Gasteiger partial charge in [0.05, 0.1) is 17.3 Å². The molecule has 0 spiro atoms. The van der Waals surface area contributed by atoms with Crippen molar-refractivity contribution in [3.8, 4) is 0 Å². The largest absolute Gasteiger partial charge is 0.464 e. The van der Waals surface area contributed by atoms with Gasteiger partial charge in [-0.15, -0.1) is 12.4 Å². The molecule has 1 saturated carbocycles. The number of hydrogen-bond acceptors (Lipinski definition) is 6. The van der Waals surface area contributed by atoms with Crippen molar-refractivity contribution in [2.24, 2.45) is 5.92 Å². The predicted octanol–water partition coefficient (Wildman–Crippen LogP) is 3.83. The van der Waals surface area contributed by atoms with Crippen molar-refractivity contribution in [3.63, 3.8) is 0 Å². The van der Waals surface area contributed by atoms with Crippen LogP contribution in [0.15, 0.2) is 41.3 Å². The number of amides is 1. The summed E-state index contributed by atoms with van der Waals surface area (Å²) in [5.41, 5.74) is 0. The molecule has 2 N–H and O–H groups in total. The van der Waals surface area contributed by atoms with Gasteiger partial charge in [0, 0.05) is 36.6 Å². The maximum Gasteiger partial charge on any atom is 0.330 e. The highest BCUT2D eigenvalue weighted by atomic mass is 35.5. The summed E-state index contributed by atoms with van der Waals surface area (Å²) in [5.74, 6) is -0.567. The van der Waals surface area contributed by atoms with E-state index in [1.54, 1.807) is 44.2 Å². The van der Waals surface area contributed by atoms with Gasteiger partial charge in [0.15, 0.2) is 0 Å². The van der Waals surface area contributed by atoms with Gasteiger partial charge in [-0.05, 0) is 74.6 Å². The van der Waals surface area contributed by atoms with Crippen molar-refractivity contribution in [3.05, 3.63) is 41.4 Å². The Labute approximate surface area is 234 Å². The van der Waals surface area contributed by atoms with E-state index in [0.717, 1.165) is 23.6 Å². The lowest BCUT2D eigenvalue weighted by Gasteiger charge is -2.41. The Morgan fingerprint density at radius 3 is 2.39 bits per heavy atom. The summed E-state index contributed by atoms with van der Waals surface area (Å²) in [6, 6.07) is 9.25. The van der Waals surface area contributed by atoms with E-state index >= 15 is 0 Å². The van der Waals surface area contributed by atoms with Gasteiger partial charge in [-0.1, -0.05) is 23.7 Å². The van der Waals surface area contributed by atoms with E-state index in [1.807, 2.05) is 0 Å². The lowest BCUT2D eigenvalue weighted by Crippen LogP contribution is -2.60.